The molecule has 0 unspecified atom stereocenters. The summed E-state index contributed by atoms with van der Waals surface area (Å²) in [5.74, 6) is -0.865. The number of hydrogen-bond donors (Lipinski definition) is 2. The van der Waals surface area contributed by atoms with Gasteiger partial charge in [-0.3, -0.25) is 24.0 Å². The first-order valence-electron chi connectivity index (χ1n) is 11.3. The van der Waals surface area contributed by atoms with E-state index in [-0.39, 0.29) is 30.3 Å². The molecule has 36 heavy (non-hydrogen) atoms. The van der Waals surface area contributed by atoms with Gasteiger partial charge in [0, 0.05) is 0 Å². The number of amides is 1. The van der Waals surface area contributed by atoms with E-state index < -0.39 is 29.1 Å². The molecule has 0 bridgehead atoms. The van der Waals surface area contributed by atoms with Crippen LogP contribution in [0.3, 0.4) is 0 Å². The SMILES string of the molecule is C[C@H](Oc1ccc(F)cc1)C(=O)N(Cc1ccccc1)c1c(N)n(Cc2ccccc2)c(=O)[nH]c1=O. The number of benzene rings is 3. The maximum atomic E-state index is 13.6. The van der Waals surface area contributed by atoms with Gasteiger partial charge in [-0.25, -0.2) is 9.18 Å². The lowest BCUT2D eigenvalue weighted by atomic mass is 10.2. The van der Waals surface area contributed by atoms with Gasteiger partial charge < -0.3 is 10.5 Å². The second-order valence-electron chi connectivity index (χ2n) is 8.19. The summed E-state index contributed by atoms with van der Waals surface area (Å²) in [7, 11) is 0. The molecule has 4 aromatic rings. The lowest BCUT2D eigenvalue weighted by Crippen LogP contribution is -2.45. The summed E-state index contributed by atoms with van der Waals surface area (Å²) in [5.41, 5.74) is 6.25. The van der Waals surface area contributed by atoms with Crippen molar-refractivity contribution in [3.63, 3.8) is 0 Å². The fourth-order valence-corrected chi connectivity index (χ4v) is 3.78. The van der Waals surface area contributed by atoms with Gasteiger partial charge in [0.05, 0.1) is 13.1 Å². The molecule has 0 saturated carbocycles. The van der Waals surface area contributed by atoms with E-state index in [2.05, 4.69) is 4.98 Å². The van der Waals surface area contributed by atoms with Gasteiger partial charge in [0.15, 0.2) is 11.8 Å². The third-order valence-electron chi connectivity index (χ3n) is 5.59. The topological polar surface area (TPSA) is 110 Å². The molecule has 0 fully saturated rings. The third-order valence-corrected chi connectivity index (χ3v) is 5.59. The van der Waals surface area contributed by atoms with Gasteiger partial charge in [-0.05, 0) is 42.3 Å². The Labute approximate surface area is 206 Å². The normalized spacial score (nSPS) is 11.6. The van der Waals surface area contributed by atoms with Crippen molar-refractivity contribution in [1.29, 1.82) is 0 Å². The summed E-state index contributed by atoms with van der Waals surface area (Å²) in [6.07, 6.45) is -1.05. The van der Waals surface area contributed by atoms with Crippen LogP contribution < -0.4 is 26.6 Å². The van der Waals surface area contributed by atoms with E-state index in [0.717, 1.165) is 11.1 Å². The molecule has 9 heteroatoms. The molecule has 3 aromatic carbocycles. The summed E-state index contributed by atoms with van der Waals surface area (Å²) in [6.45, 7) is 1.63. The van der Waals surface area contributed by atoms with E-state index in [1.54, 1.807) is 24.3 Å². The lowest BCUT2D eigenvalue weighted by molar-refractivity contribution is -0.124. The van der Waals surface area contributed by atoms with Crippen molar-refractivity contribution in [3.05, 3.63) is 123 Å². The van der Waals surface area contributed by atoms with Gasteiger partial charge in [0.25, 0.3) is 11.5 Å². The number of aromatic nitrogens is 2. The molecule has 8 nitrogen and oxygen atoms in total. The number of nitrogen functional groups attached to an aromatic ring is 1. The van der Waals surface area contributed by atoms with E-state index in [0.29, 0.717) is 0 Å². The number of nitrogens with two attached hydrogens (primary N) is 1. The predicted octanol–water partition coefficient (Wildman–Crippen LogP) is 3.31. The van der Waals surface area contributed by atoms with Crippen molar-refractivity contribution in [2.24, 2.45) is 0 Å². The molecule has 4 rings (SSSR count). The van der Waals surface area contributed by atoms with Crippen LogP contribution in [0.2, 0.25) is 0 Å². The monoisotopic (exact) mass is 488 g/mol. The number of H-pyrrole nitrogens is 1. The van der Waals surface area contributed by atoms with Crippen molar-refractivity contribution >= 4 is 17.4 Å². The van der Waals surface area contributed by atoms with Crippen LogP contribution in [0.1, 0.15) is 18.1 Å². The Kier molecular flexibility index (Phi) is 7.29. The lowest BCUT2D eigenvalue weighted by Gasteiger charge is -2.27. The van der Waals surface area contributed by atoms with Gasteiger partial charge in [-0.15, -0.1) is 0 Å². The van der Waals surface area contributed by atoms with Crippen LogP contribution in [0.5, 0.6) is 5.75 Å². The molecule has 3 N–H and O–H groups in total. The standard InChI is InChI=1S/C27H25FN4O4/c1-18(36-22-14-12-21(28)13-15-22)26(34)31(16-19-8-4-2-5-9-19)23-24(29)32(27(35)30-25(23)33)17-20-10-6-3-7-11-20/h2-15,18H,16-17,29H2,1H3,(H,30,33,35)/t18-/m0/s1. The number of carbonyl (C=O) groups is 1. The van der Waals surface area contributed by atoms with E-state index in [4.69, 9.17) is 10.5 Å². The largest absolute Gasteiger partial charge is 0.481 e. The highest BCUT2D eigenvalue weighted by molar-refractivity contribution is 5.98. The highest BCUT2D eigenvalue weighted by Gasteiger charge is 2.29. The molecule has 1 aromatic heterocycles. The molecule has 0 aliphatic rings. The maximum absolute atomic E-state index is 13.6. The van der Waals surface area contributed by atoms with Crippen molar-refractivity contribution in [1.82, 2.24) is 9.55 Å². The Morgan fingerprint density at radius 3 is 2.17 bits per heavy atom. The number of rotatable bonds is 8. The zero-order chi connectivity index (χ0) is 25.7. The molecule has 0 aliphatic heterocycles. The molecular formula is C27H25FN4O4. The number of anilines is 2. The maximum Gasteiger partial charge on any atom is 0.330 e. The number of nitrogens with zero attached hydrogens (tertiary/aromatic N) is 2. The van der Waals surface area contributed by atoms with Crippen LogP contribution in [0.25, 0.3) is 0 Å². The minimum Gasteiger partial charge on any atom is -0.481 e. The van der Waals surface area contributed by atoms with Gasteiger partial charge in [0.1, 0.15) is 17.4 Å². The summed E-state index contributed by atoms with van der Waals surface area (Å²) in [4.78, 5) is 42.7. The Hall–Kier alpha value is -4.66. The van der Waals surface area contributed by atoms with Crippen LogP contribution >= 0.6 is 0 Å². The fourth-order valence-electron chi connectivity index (χ4n) is 3.78. The average molecular weight is 489 g/mol. The molecule has 184 valence electrons. The first-order chi connectivity index (χ1) is 17.3. The number of ether oxygens (including phenoxy) is 1. The highest BCUT2D eigenvalue weighted by Crippen LogP contribution is 2.23. The Bertz CT molecular complexity index is 1450. The zero-order valence-electron chi connectivity index (χ0n) is 19.6. The first kappa shape index (κ1) is 24.5. The Morgan fingerprint density at radius 1 is 0.972 bits per heavy atom. The molecular weight excluding hydrogens is 463 g/mol. The Balaban J connectivity index is 1.75. The first-order valence-corrected chi connectivity index (χ1v) is 11.3. The molecule has 1 heterocycles. The average Bonchev–Trinajstić information content (AvgIpc) is 2.88. The van der Waals surface area contributed by atoms with Crippen LogP contribution in [0.4, 0.5) is 15.9 Å². The van der Waals surface area contributed by atoms with Gasteiger partial charge in [-0.2, -0.15) is 0 Å². The summed E-state index contributed by atoms with van der Waals surface area (Å²) in [6, 6.07) is 23.4. The number of nitrogens with one attached hydrogen (secondary N) is 1. The van der Waals surface area contributed by atoms with Crippen LogP contribution in [0.15, 0.2) is 94.5 Å². The second kappa shape index (κ2) is 10.7. The van der Waals surface area contributed by atoms with Crippen LogP contribution in [-0.2, 0) is 17.9 Å². The Morgan fingerprint density at radius 2 is 1.56 bits per heavy atom. The van der Waals surface area contributed by atoms with Gasteiger partial charge >= 0.3 is 5.69 Å². The predicted molar refractivity (Wildman–Crippen MR) is 135 cm³/mol. The van der Waals surface area contributed by atoms with E-state index in [1.165, 1.54) is 40.7 Å². The fraction of sp³-hybridized carbons (Fsp3) is 0.148. The number of halogens is 1. The summed E-state index contributed by atoms with van der Waals surface area (Å²) < 4.78 is 20.2. The van der Waals surface area contributed by atoms with Gasteiger partial charge in [0.2, 0.25) is 0 Å². The third kappa shape index (κ3) is 5.52. The van der Waals surface area contributed by atoms with Crippen molar-refractivity contribution in [3.8, 4) is 5.75 Å². The summed E-state index contributed by atoms with van der Waals surface area (Å²) >= 11 is 0. The second-order valence-corrected chi connectivity index (χ2v) is 8.19. The number of aromatic amines is 1. The molecule has 1 atom stereocenters. The molecule has 0 spiro atoms. The molecule has 0 aliphatic carbocycles. The van der Waals surface area contributed by atoms with E-state index in [1.807, 2.05) is 36.4 Å². The van der Waals surface area contributed by atoms with Crippen molar-refractivity contribution < 1.29 is 13.9 Å². The molecule has 1 amide bonds. The van der Waals surface area contributed by atoms with Crippen LogP contribution in [0, 0.1) is 5.82 Å². The van der Waals surface area contributed by atoms with Crippen LogP contribution in [-0.4, -0.2) is 21.6 Å². The van der Waals surface area contributed by atoms with E-state index >= 15 is 0 Å². The van der Waals surface area contributed by atoms with Gasteiger partial charge in [-0.1, -0.05) is 60.7 Å². The molecule has 0 radical (unpaired) electrons. The minimum atomic E-state index is -1.05. The van der Waals surface area contributed by atoms with E-state index in [9.17, 15) is 18.8 Å². The number of hydrogen-bond acceptors (Lipinski definition) is 5. The smallest absolute Gasteiger partial charge is 0.330 e. The molecule has 0 saturated heterocycles. The zero-order valence-corrected chi connectivity index (χ0v) is 19.6. The van der Waals surface area contributed by atoms with Crippen molar-refractivity contribution in [2.75, 3.05) is 10.6 Å². The quantitative estimate of drug-likeness (QED) is 0.395. The number of carbonyl (C=O) groups excluding carboxylic acids is 1. The summed E-state index contributed by atoms with van der Waals surface area (Å²) in [5, 5.41) is 0. The highest BCUT2D eigenvalue weighted by atomic mass is 19.1. The van der Waals surface area contributed by atoms with Crippen molar-refractivity contribution in [2.45, 2.75) is 26.1 Å². The minimum absolute atomic E-state index is 0.00755.